The zero-order valence-electron chi connectivity index (χ0n) is 16.7. The molecule has 1 aromatic carbocycles. The van der Waals surface area contributed by atoms with Crippen molar-refractivity contribution in [3.05, 3.63) is 54.9 Å². The number of rotatable bonds is 4. The third-order valence-electron chi connectivity index (χ3n) is 5.20. The summed E-state index contributed by atoms with van der Waals surface area (Å²) in [6, 6.07) is 14.1. The van der Waals surface area contributed by atoms with Gasteiger partial charge in [-0.05, 0) is 18.2 Å². The number of piperidine rings is 1. The molecule has 3 heterocycles. The summed E-state index contributed by atoms with van der Waals surface area (Å²) >= 11 is 0. The van der Waals surface area contributed by atoms with Gasteiger partial charge in [0.25, 0.3) is 0 Å². The monoisotopic (exact) mass is 411 g/mol. The maximum atomic E-state index is 12.1. The predicted molar refractivity (Wildman–Crippen MR) is 117 cm³/mol. The number of hydrogen-bond acceptors (Lipinski definition) is 4. The van der Waals surface area contributed by atoms with Gasteiger partial charge in [0.05, 0.1) is 5.52 Å². The number of aromatic nitrogens is 2. The van der Waals surface area contributed by atoms with Crippen LogP contribution in [0.25, 0.3) is 22.0 Å². The van der Waals surface area contributed by atoms with E-state index in [9.17, 15) is 4.79 Å². The molecule has 4 rings (SSSR count). The summed E-state index contributed by atoms with van der Waals surface area (Å²) in [7, 11) is 0. The smallest absolute Gasteiger partial charge is 0.225 e. The van der Waals surface area contributed by atoms with Crippen LogP contribution in [-0.2, 0) is 4.79 Å². The van der Waals surface area contributed by atoms with Crippen molar-refractivity contribution in [2.75, 3.05) is 13.1 Å². The van der Waals surface area contributed by atoms with Crippen molar-refractivity contribution in [2.24, 2.45) is 5.92 Å². The van der Waals surface area contributed by atoms with E-state index >= 15 is 0 Å². The molecular weight excluding hydrogens is 386 g/mol. The van der Waals surface area contributed by atoms with Crippen LogP contribution in [0, 0.1) is 5.92 Å². The Morgan fingerprint density at radius 2 is 1.76 bits per heavy atom. The molecule has 0 aliphatic carbocycles. The third-order valence-corrected chi connectivity index (χ3v) is 5.20. The zero-order valence-corrected chi connectivity index (χ0v) is 17.6. The molecule has 1 fully saturated rings. The van der Waals surface area contributed by atoms with Crippen molar-refractivity contribution >= 4 is 29.2 Å². The highest BCUT2D eigenvalue weighted by atomic mass is 35.5. The molecule has 152 valence electrons. The first-order valence-corrected chi connectivity index (χ1v) is 9.87. The molecule has 29 heavy (non-hydrogen) atoms. The van der Waals surface area contributed by atoms with Crippen LogP contribution < -0.4 is 4.74 Å². The van der Waals surface area contributed by atoms with Gasteiger partial charge in [0, 0.05) is 66.8 Å². The Morgan fingerprint density at radius 3 is 2.45 bits per heavy atom. The molecule has 0 N–H and O–H groups in total. The van der Waals surface area contributed by atoms with E-state index < -0.39 is 0 Å². The number of pyridine rings is 2. The Hall–Kier alpha value is -2.66. The van der Waals surface area contributed by atoms with Gasteiger partial charge in [0.2, 0.25) is 11.8 Å². The molecule has 0 spiro atoms. The summed E-state index contributed by atoms with van der Waals surface area (Å²) in [6.07, 6.45) is 5.50. The minimum atomic E-state index is 0. The van der Waals surface area contributed by atoms with E-state index in [0.717, 1.165) is 48.0 Å². The summed E-state index contributed by atoms with van der Waals surface area (Å²) in [6.45, 7) is 5.40. The number of benzene rings is 1. The van der Waals surface area contributed by atoms with Crippen LogP contribution in [-0.4, -0.2) is 40.0 Å². The number of nitrogens with zero attached hydrogens (tertiary/aromatic N) is 3. The van der Waals surface area contributed by atoms with Crippen LogP contribution in [0.15, 0.2) is 54.9 Å². The molecule has 1 aliphatic heterocycles. The standard InChI is InChI=1S/C23H25N3O2.ClH/c1-16(2)23(27)26-11-9-20(10-12-26)28-22-8-7-18(14-25-22)19-13-17-5-3-4-6-21(17)24-15-19;/h3-8,13-16,20H,9-12H2,1-2H3;1H. The molecule has 1 aliphatic rings. The third kappa shape index (κ3) is 4.85. The molecule has 0 unspecified atom stereocenters. The Kier molecular flexibility index (Phi) is 6.70. The van der Waals surface area contributed by atoms with Gasteiger partial charge in [-0.2, -0.15) is 0 Å². The first-order valence-electron chi connectivity index (χ1n) is 9.87. The van der Waals surface area contributed by atoms with Crippen LogP contribution in [0.5, 0.6) is 5.88 Å². The first-order chi connectivity index (χ1) is 13.6. The van der Waals surface area contributed by atoms with Crippen molar-refractivity contribution in [3.63, 3.8) is 0 Å². The fourth-order valence-electron chi connectivity index (χ4n) is 3.58. The number of ether oxygens (including phenoxy) is 1. The molecule has 2 aromatic heterocycles. The zero-order chi connectivity index (χ0) is 19.5. The maximum Gasteiger partial charge on any atom is 0.225 e. The predicted octanol–water partition coefficient (Wildman–Crippen LogP) is 4.74. The van der Waals surface area contributed by atoms with Gasteiger partial charge in [0.15, 0.2) is 0 Å². The van der Waals surface area contributed by atoms with Gasteiger partial charge in [-0.25, -0.2) is 4.98 Å². The van der Waals surface area contributed by atoms with Crippen molar-refractivity contribution in [2.45, 2.75) is 32.8 Å². The van der Waals surface area contributed by atoms with E-state index in [1.807, 2.05) is 61.5 Å². The average Bonchev–Trinajstić information content (AvgIpc) is 2.74. The maximum absolute atomic E-state index is 12.1. The fourth-order valence-corrected chi connectivity index (χ4v) is 3.58. The first kappa shape index (κ1) is 21.1. The van der Waals surface area contributed by atoms with E-state index in [1.165, 1.54) is 0 Å². The second kappa shape index (κ2) is 9.23. The Morgan fingerprint density at radius 1 is 1.03 bits per heavy atom. The molecule has 1 amide bonds. The topological polar surface area (TPSA) is 55.3 Å². The molecule has 0 radical (unpaired) electrons. The van der Waals surface area contributed by atoms with E-state index in [2.05, 4.69) is 22.1 Å². The number of fused-ring (bicyclic) bond motifs is 1. The Bertz CT molecular complexity index is 967. The summed E-state index contributed by atoms with van der Waals surface area (Å²) in [4.78, 5) is 23.0. The van der Waals surface area contributed by atoms with Crippen LogP contribution in [0.1, 0.15) is 26.7 Å². The average molecular weight is 412 g/mol. The van der Waals surface area contributed by atoms with Crippen molar-refractivity contribution in [1.29, 1.82) is 0 Å². The summed E-state index contributed by atoms with van der Waals surface area (Å²) in [5.41, 5.74) is 3.04. The lowest BCUT2D eigenvalue weighted by molar-refractivity contribution is -0.136. The van der Waals surface area contributed by atoms with Gasteiger partial charge >= 0.3 is 0 Å². The lowest BCUT2D eigenvalue weighted by Crippen LogP contribution is -2.43. The number of para-hydroxylation sites is 1. The summed E-state index contributed by atoms with van der Waals surface area (Å²) in [5, 5.41) is 1.11. The summed E-state index contributed by atoms with van der Waals surface area (Å²) < 4.78 is 6.04. The van der Waals surface area contributed by atoms with Gasteiger partial charge in [-0.1, -0.05) is 32.0 Å². The second-order valence-electron chi connectivity index (χ2n) is 7.60. The number of hydrogen-bond donors (Lipinski definition) is 0. The highest BCUT2D eigenvalue weighted by molar-refractivity contribution is 5.85. The van der Waals surface area contributed by atoms with Crippen LogP contribution in [0.3, 0.4) is 0 Å². The van der Waals surface area contributed by atoms with E-state index in [-0.39, 0.29) is 30.3 Å². The highest BCUT2D eigenvalue weighted by Crippen LogP contribution is 2.24. The fraction of sp³-hybridized carbons (Fsp3) is 0.348. The minimum Gasteiger partial charge on any atom is -0.474 e. The van der Waals surface area contributed by atoms with E-state index in [0.29, 0.717) is 5.88 Å². The number of amides is 1. The molecular formula is C23H26ClN3O2. The highest BCUT2D eigenvalue weighted by Gasteiger charge is 2.25. The molecule has 5 nitrogen and oxygen atoms in total. The molecule has 0 saturated carbocycles. The Balaban J connectivity index is 0.00000240. The van der Waals surface area contributed by atoms with Crippen LogP contribution in [0.4, 0.5) is 0 Å². The lowest BCUT2D eigenvalue weighted by Gasteiger charge is -2.33. The van der Waals surface area contributed by atoms with Gasteiger partial charge in [-0.15, -0.1) is 12.4 Å². The normalized spacial score (nSPS) is 14.7. The second-order valence-corrected chi connectivity index (χ2v) is 7.60. The Labute approximate surface area is 177 Å². The van der Waals surface area contributed by atoms with Crippen molar-refractivity contribution in [1.82, 2.24) is 14.9 Å². The van der Waals surface area contributed by atoms with Gasteiger partial charge < -0.3 is 9.64 Å². The molecule has 3 aromatic rings. The van der Waals surface area contributed by atoms with Gasteiger partial charge in [-0.3, -0.25) is 9.78 Å². The SMILES string of the molecule is CC(C)C(=O)N1CCC(Oc2ccc(-c3cnc4ccccc4c3)cn2)CC1.Cl. The lowest BCUT2D eigenvalue weighted by atomic mass is 10.1. The number of likely N-dealkylation sites (tertiary alicyclic amines) is 1. The number of carbonyl (C=O) groups is 1. The van der Waals surface area contributed by atoms with Crippen molar-refractivity contribution < 1.29 is 9.53 Å². The van der Waals surface area contributed by atoms with Crippen molar-refractivity contribution in [3.8, 4) is 17.0 Å². The number of carbonyl (C=O) groups excluding carboxylic acids is 1. The van der Waals surface area contributed by atoms with E-state index in [1.54, 1.807) is 0 Å². The van der Waals surface area contributed by atoms with Gasteiger partial charge in [0.1, 0.15) is 6.10 Å². The molecule has 6 heteroatoms. The largest absolute Gasteiger partial charge is 0.474 e. The van der Waals surface area contributed by atoms with Crippen LogP contribution >= 0.6 is 12.4 Å². The quantitative estimate of drug-likeness (QED) is 0.622. The summed E-state index contributed by atoms with van der Waals surface area (Å²) in [5.74, 6) is 0.910. The molecule has 1 saturated heterocycles. The molecule has 0 bridgehead atoms. The minimum absolute atomic E-state index is 0. The number of halogens is 1. The van der Waals surface area contributed by atoms with E-state index in [4.69, 9.17) is 4.74 Å². The van der Waals surface area contributed by atoms with Crippen LogP contribution in [0.2, 0.25) is 0 Å². The molecule has 0 atom stereocenters.